The van der Waals surface area contributed by atoms with Gasteiger partial charge in [-0.15, -0.1) is 0 Å². The maximum atomic E-state index is 12.4. The van der Waals surface area contributed by atoms with Crippen LogP contribution in [0.15, 0.2) is 48.5 Å². The second-order valence-corrected chi connectivity index (χ2v) is 7.19. The number of nitrogens with zero attached hydrogens (tertiary/aromatic N) is 2. The summed E-state index contributed by atoms with van der Waals surface area (Å²) in [5.74, 6) is -3.21. The SMILES string of the molecule is CC1(O)C[C@H](OC(=O)c2ccc([N+](=O)[O-])cc2)[C@@H](COC(=O)c2ccc([N+](=O)[O-])cc2)O1. The third-order valence-corrected chi connectivity index (χ3v) is 4.66. The zero-order valence-corrected chi connectivity index (χ0v) is 16.7. The molecule has 3 atom stereocenters. The molecular weight excluding hydrogens is 428 g/mol. The molecule has 12 heteroatoms. The topological polar surface area (TPSA) is 168 Å². The minimum Gasteiger partial charge on any atom is -0.459 e. The standard InChI is InChI=1S/C20H18N2O10/c1-20(25)10-16(31-19(24)13-4-8-15(9-5-13)22(28)29)17(32-20)11-30-18(23)12-2-6-14(7-3-12)21(26)27/h2-9,16-17,25H,10-11H2,1H3/t16-,17+,20?/m0/s1. The molecule has 3 rings (SSSR count). The molecule has 1 fully saturated rings. The number of ether oxygens (including phenoxy) is 3. The van der Waals surface area contributed by atoms with E-state index in [9.17, 15) is 34.9 Å². The first kappa shape index (κ1) is 22.8. The maximum absolute atomic E-state index is 12.4. The number of carbonyl (C=O) groups excluding carboxylic acids is 2. The van der Waals surface area contributed by atoms with Crippen molar-refractivity contribution in [1.29, 1.82) is 0 Å². The van der Waals surface area contributed by atoms with Crippen molar-refractivity contribution in [1.82, 2.24) is 0 Å². The summed E-state index contributed by atoms with van der Waals surface area (Å²) in [5.41, 5.74) is -0.247. The number of hydrogen-bond acceptors (Lipinski definition) is 10. The second-order valence-electron chi connectivity index (χ2n) is 7.19. The van der Waals surface area contributed by atoms with E-state index in [4.69, 9.17) is 14.2 Å². The minimum atomic E-state index is -1.63. The van der Waals surface area contributed by atoms with Crippen LogP contribution in [0, 0.1) is 20.2 Å². The molecule has 1 aliphatic heterocycles. The van der Waals surface area contributed by atoms with Gasteiger partial charge in [0.1, 0.15) is 18.8 Å². The summed E-state index contributed by atoms with van der Waals surface area (Å²) >= 11 is 0. The van der Waals surface area contributed by atoms with Gasteiger partial charge in [0, 0.05) is 30.7 Å². The zero-order valence-electron chi connectivity index (χ0n) is 16.7. The van der Waals surface area contributed by atoms with Crippen molar-refractivity contribution in [3.8, 4) is 0 Å². The molecule has 2 aromatic rings. The van der Waals surface area contributed by atoms with E-state index in [0.29, 0.717) is 0 Å². The number of hydrogen-bond donors (Lipinski definition) is 1. The van der Waals surface area contributed by atoms with Crippen molar-refractivity contribution in [2.24, 2.45) is 0 Å². The van der Waals surface area contributed by atoms with Crippen LogP contribution in [0.5, 0.6) is 0 Å². The highest BCUT2D eigenvalue weighted by Gasteiger charge is 2.45. The molecule has 32 heavy (non-hydrogen) atoms. The minimum absolute atomic E-state index is 0.0590. The summed E-state index contributed by atoms with van der Waals surface area (Å²) in [6.07, 6.45) is -2.03. The third kappa shape index (κ3) is 5.42. The van der Waals surface area contributed by atoms with E-state index in [2.05, 4.69) is 0 Å². The average Bonchev–Trinajstić information content (AvgIpc) is 3.05. The highest BCUT2D eigenvalue weighted by atomic mass is 16.7. The van der Waals surface area contributed by atoms with Crippen LogP contribution in [-0.2, 0) is 14.2 Å². The molecule has 0 amide bonds. The highest BCUT2D eigenvalue weighted by Crippen LogP contribution is 2.31. The largest absolute Gasteiger partial charge is 0.459 e. The van der Waals surface area contributed by atoms with E-state index < -0.39 is 39.8 Å². The molecule has 12 nitrogen and oxygen atoms in total. The molecule has 168 valence electrons. The molecule has 0 saturated carbocycles. The molecule has 0 radical (unpaired) electrons. The Bertz CT molecular complexity index is 1030. The van der Waals surface area contributed by atoms with Gasteiger partial charge in [0.2, 0.25) is 0 Å². The maximum Gasteiger partial charge on any atom is 0.338 e. The van der Waals surface area contributed by atoms with Gasteiger partial charge in [-0.3, -0.25) is 20.2 Å². The van der Waals surface area contributed by atoms with E-state index in [0.717, 1.165) is 24.3 Å². The lowest BCUT2D eigenvalue weighted by Gasteiger charge is -2.19. The smallest absolute Gasteiger partial charge is 0.338 e. The summed E-state index contributed by atoms with van der Waals surface area (Å²) in [5, 5.41) is 31.6. The third-order valence-electron chi connectivity index (χ3n) is 4.66. The molecular formula is C20H18N2O10. The van der Waals surface area contributed by atoms with E-state index in [-0.39, 0.29) is 35.5 Å². The zero-order chi connectivity index (χ0) is 23.5. The van der Waals surface area contributed by atoms with Gasteiger partial charge in [-0.1, -0.05) is 0 Å². The molecule has 0 aromatic heterocycles. The first-order valence-electron chi connectivity index (χ1n) is 9.33. The van der Waals surface area contributed by atoms with Crippen LogP contribution in [-0.4, -0.2) is 51.5 Å². The van der Waals surface area contributed by atoms with Gasteiger partial charge >= 0.3 is 11.9 Å². The molecule has 2 aromatic carbocycles. The summed E-state index contributed by atoms with van der Waals surface area (Å²) < 4.78 is 15.9. The molecule has 0 bridgehead atoms. The van der Waals surface area contributed by atoms with Crippen LogP contribution < -0.4 is 0 Å². The summed E-state index contributed by atoms with van der Waals surface area (Å²) in [7, 11) is 0. The Morgan fingerprint density at radius 3 is 1.94 bits per heavy atom. The molecule has 0 aliphatic carbocycles. The Balaban J connectivity index is 1.63. The van der Waals surface area contributed by atoms with Gasteiger partial charge < -0.3 is 19.3 Å². The van der Waals surface area contributed by atoms with Gasteiger partial charge in [-0.05, 0) is 31.2 Å². The number of carbonyl (C=O) groups is 2. The average molecular weight is 446 g/mol. The molecule has 1 N–H and O–H groups in total. The van der Waals surface area contributed by atoms with E-state index in [1.807, 2.05) is 0 Å². The Kier molecular flexibility index (Phi) is 6.46. The van der Waals surface area contributed by atoms with Crippen LogP contribution in [0.3, 0.4) is 0 Å². The second kappa shape index (κ2) is 9.08. The van der Waals surface area contributed by atoms with Crippen molar-refractivity contribution in [2.45, 2.75) is 31.3 Å². The Hall–Kier alpha value is -3.90. The number of non-ortho nitro benzene ring substituents is 2. The lowest BCUT2D eigenvalue weighted by Crippen LogP contribution is -2.32. The molecule has 0 spiro atoms. The number of benzene rings is 2. The quantitative estimate of drug-likeness (QED) is 0.378. The summed E-state index contributed by atoms with van der Waals surface area (Å²) in [4.78, 5) is 44.8. The molecule has 1 saturated heterocycles. The monoisotopic (exact) mass is 446 g/mol. The van der Waals surface area contributed by atoms with Crippen molar-refractivity contribution in [2.75, 3.05) is 6.61 Å². The van der Waals surface area contributed by atoms with Crippen molar-refractivity contribution in [3.63, 3.8) is 0 Å². The van der Waals surface area contributed by atoms with Gasteiger partial charge in [-0.2, -0.15) is 0 Å². The normalized spacial score (nSPS) is 22.2. The lowest BCUT2D eigenvalue weighted by molar-refractivity contribution is -0.385. The number of rotatable bonds is 7. The fraction of sp³-hybridized carbons (Fsp3) is 0.300. The predicted molar refractivity (Wildman–Crippen MR) is 106 cm³/mol. The number of nitro groups is 2. The number of aliphatic hydroxyl groups is 1. The van der Waals surface area contributed by atoms with Crippen LogP contribution >= 0.6 is 0 Å². The van der Waals surface area contributed by atoms with E-state index in [1.165, 1.54) is 31.2 Å². The van der Waals surface area contributed by atoms with E-state index in [1.54, 1.807) is 0 Å². The Morgan fingerprint density at radius 2 is 1.47 bits per heavy atom. The van der Waals surface area contributed by atoms with Crippen molar-refractivity contribution >= 4 is 23.3 Å². The fourth-order valence-electron chi connectivity index (χ4n) is 3.10. The molecule has 1 heterocycles. The van der Waals surface area contributed by atoms with Crippen LogP contribution in [0.25, 0.3) is 0 Å². The molecule has 1 aliphatic rings. The first-order chi connectivity index (χ1) is 15.1. The van der Waals surface area contributed by atoms with Gasteiger partial charge in [0.05, 0.1) is 21.0 Å². The van der Waals surface area contributed by atoms with Crippen LogP contribution in [0.4, 0.5) is 11.4 Å². The van der Waals surface area contributed by atoms with E-state index >= 15 is 0 Å². The Labute approximate surface area is 180 Å². The van der Waals surface area contributed by atoms with Crippen LogP contribution in [0.1, 0.15) is 34.1 Å². The highest BCUT2D eigenvalue weighted by molar-refractivity contribution is 5.90. The number of esters is 2. The summed E-state index contributed by atoms with van der Waals surface area (Å²) in [6.45, 7) is 1.00. The predicted octanol–water partition coefficient (Wildman–Crippen LogP) is 2.38. The first-order valence-corrected chi connectivity index (χ1v) is 9.33. The Morgan fingerprint density at radius 1 is 1.00 bits per heavy atom. The van der Waals surface area contributed by atoms with Crippen molar-refractivity contribution in [3.05, 3.63) is 79.9 Å². The van der Waals surface area contributed by atoms with Gasteiger partial charge in [0.25, 0.3) is 11.4 Å². The van der Waals surface area contributed by atoms with Gasteiger partial charge in [0.15, 0.2) is 5.79 Å². The number of nitro benzene ring substituents is 2. The summed E-state index contributed by atoms with van der Waals surface area (Å²) in [6, 6.07) is 9.56. The fourth-order valence-corrected chi connectivity index (χ4v) is 3.10. The van der Waals surface area contributed by atoms with Crippen LogP contribution in [0.2, 0.25) is 0 Å². The van der Waals surface area contributed by atoms with Crippen molar-refractivity contribution < 1.29 is 38.8 Å². The van der Waals surface area contributed by atoms with Gasteiger partial charge in [-0.25, -0.2) is 9.59 Å². The lowest BCUT2D eigenvalue weighted by atomic mass is 10.1. The molecule has 1 unspecified atom stereocenters.